The van der Waals surface area contributed by atoms with Crippen molar-refractivity contribution in [2.24, 2.45) is 0 Å². The molecule has 0 radical (unpaired) electrons. The summed E-state index contributed by atoms with van der Waals surface area (Å²) in [5.74, 6) is -0.103. The van der Waals surface area contributed by atoms with Crippen molar-refractivity contribution >= 4 is 46.2 Å². The van der Waals surface area contributed by atoms with E-state index in [-0.39, 0.29) is 5.91 Å². The number of likely N-dealkylation sites (N-methyl/N-ethyl adjacent to an activating group) is 1. The minimum Gasteiger partial charge on any atom is -0.335 e. The Kier molecular flexibility index (Phi) is 5.86. The highest BCUT2D eigenvalue weighted by Gasteiger charge is 2.10. The van der Waals surface area contributed by atoms with Gasteiger partial charge in [-0.2, -0.15) is 0 Å². The fourth-order valence-electron chi connectivity index (χ4n) is 2.52. The van der Waals surface area contributed by atoms with Crippen LogP contribution in [0, 0.1) is 0 Å². The molecule has 6 heteroatoms. The maximum Gasteiger partial charge on any atom is 0.246 e. The molecule has 0 N–H and O–H groups in total. The highest BCUT2D eigenvalue weighted by molar-refractivity contribution is 6.42. The van der Waals surface area contributed by atoms with Gasteiger partial charge in [-0.15, -0.1) is 0 Å². The molecule has 26 heavy (non-hydrogen) atoms. The standard InChI is InChI=1S/C20H17Cl2N3O/c1-2-25(13-14-7-9-16(21)17(22)11-14)20(26)10-8-15-12-23-18-5-3-4-6-19(18)24-15/h3-12H,2,13H2,1H3/b10-8+. The third-order valence-electron chi connectivity index (χ3n) is 3.91. The second kappa shape index (κ2) is 8.30. The van der Waals surface area contributed by atoms with Crippen molar-refractivity contribution in [2.45, 2.75) is 13.5 Å². The molecular weight excluding hydrogens is 369 g/mol. The van der Waals surface area contributed by atoms with Gasteiger partial charge in [0.25, 0.3) is 0 Å². The number of aromatic nitrogens is 2. The summed E-state index contributed by atoms with van der Waals surface area (Å²) in [6.07, 6.45) is 4.85. The molecule has 0 aliphatic heterocycles. The molecule has 3 aromatic rings. The van der Waals surface area contributed by atoms with E-state index in [1.165, 1.54) is 6.08 Å². The van der Waals surface area contributed by atoms with Gasteiger partial charge in [-0.1, -0.05) is 41.4 Å². The largest absolute Gasteiger partial charge is 0.335 e. The van der Waals surface area contributed by atoms with Crippen LogP contribution in [0.3, 0.4) is 0 Å². The van der Waals surface area contributed by atoms with Crippen LogP contribution in [-0.2, 0) is 11.3 Å². The normalized spacial score (nSPS) is 11.2. The third kappa shape index (κ3) is 4.40. The smallest absolute Gasteiger partial charge is 0.246 e. The van der Waals surface area contributed by atoms with Crippen LogP contribution in [0.5, 0.6) is 0 Å². The predicted molar refractivity (Wildman–Crippen MR) is 106 cm³/mol. The van der Waals surface area contributed by atoms with Gasteiger partial charge in [0.2, 0.25) is 5.91 Å². The summed E-state index contributed by atoms with van der Waals surface area (Å²) in [5.41, 5.74) is 3.19. The SMILES string of the molecule is CCN(Cc1ccc(Cl)c(Cl)c1)C(=O)/C=C/c1cnc2ccccc2n1. The third-order valence-corrected chi connectivity index (χ3v) is 4.65. The number of hydrogen-bond donors (Lipinski definition) is 0. The number of carbonyl (C=O) groups is 1. The minimum absolute atomic E-state index is 0.103. The fourth-order valence-corrected chi connectivity index (χ4v) is 2.84. The molecular formula is C20H17Cl2N3O. The van der Waals surface area contributed by atoms with Crippen molar-refractivity contribution in [3.05, 3.63) is 76.0 Å². The first-order valence-electron chi connectivity index (χ1n) is 8.19. The molecule has 2 aromatic carbocycles. The average molecular weight is 386 g/mol. The highest BCUT2D eigenvalue weighted by atomic mass is 35.5. The van der Waals surface area contributed by atoms with Crippen LogP contribution in [0.15, 0.2) is 54.7 Å². The molecule has 1 aromatic heterocycles. The Hall–Kier alpha value is -2.43. The van der Waals surface area contributed by atoms with Crippen molar-refractivity contribution in [2.75, 3.05) is 6.54 Å². The van der Waals surface area contributed by atoms with E-state index in [2.05, 4.69) is 9.97 Å². The number of halogens is 2. The number of amides is 1. The second-order valence-corrected chi connectivity index (χ2v) is 6.53. The monoisotopic (exact) mass is 385 g/mol. The van der Waals surface area contributed by atoms with Gasteiger partial charge in [-0.05, 0) is 42.8 Å². The number of benzene rings is 2. The zero-order valence-corrected chi connectivity index (χ0v) is 15.7. The summed E-state index contributed by atoms with van der Waals surface area (Å²) >= 11 is 12.0. The van der Waals surface area contributed by atoms with E-state index in [0.717, 1.165) is 16.6 Å². The van der Waals surface area contributed by atoms with Gasteiger partial charge in [0, 0.05) is 19.2 Å². The quantitative estimate of drug-likeness (QED) is 0.580. The molecule has 0 saturated heterocycles. The number of rotatable bonds is 5. The summed E-state index contributed by atoms with van der Waals surface area (Å²) in [5, 5.41) is 0.981. The number of fused-ring (bicyclic) bond motifs is 1. The fraction of sp³-hybridized carbons (Fsp3) is 0.150. The van der Waals surface area contributed by atoms with Gasteiger partial charge in [-0.3, -0.25) is 9.78 Å². The summed E-state index contributed by atoms with van der Waals surface area (Å²) in [6.45, 7) is 2.96. The van der Waals surface area contributed by atoms with Gasteiger partial charge in [-0.25, -0.2) is 4.98 Å². The molecule has 0 atom stereocenters. The lowest BCUT2D eigenvalue weighted by Crippen LogP contribution is -2.28. The second-order valence-electron chi connectivity index (χ2n) is 5.72. The predicted octanol–water partition coefficient (Wildman–Crippen LogP) is 5.00. The van der Waals surface area contributed by atoms with Crippen molar-refractivity contribution in [1.82, 2.24) is 14.9 Å². The number of nitrogens with zero attached hydrogens (tertiary/aromatic N) is 3. The highest BCUT2D eigenvalue weighted by Crippen LogP contribution is 2.23. The van der Waals surface area contributed by atoms with E-state index in [0.29, 0.717) is 28.8 Å². The van der Waals surface area contributed by atoms with Crippen LogP contribution in [0.25, 0.3) is 17.1 Å². The first-order valence-corrected chi connectivity index (χ1v) is 8.95. The number of hydrogen-bond acceptors (Lipinski definition) is 3. The Morgan fingerprint density at radius 2 is 1.88 bits per heavy atom. The lowest BCUT2D eigenvalue weighted by atomic mass is 10.2. The van der Waals surface area contributed by atoms with Gasteiger partial charge >= 0.3 is 0 Å². The van der Waals surface area contributed by atoms with Crippen LogP contribution in [0.4, 0.5) is 0 Å². The van der Waals surface area contributed by atoms with Crippen molar-refractivity contribution in [1.29, 1.82) is 0 Å². The summed E-state index contributed by atoms with van der Waals surface area (Å²) in [4.78, 5) is 23.0. The zero-order valence-electron chi connectivity index (χ0n) is 14.2. The van der Waals surface area contributed by atoms with E-state index in [9.17, 15) is 4.79 Å². The molecule has 0 aliphatic rings. The van der Waals surface area contributed by atoms with Gasteiger partial charge in [0.05, 0.1) is 33.0 Å². The molecule has 0 fully saturated rings. The van der Waals surface area contributed by atoms with Crippen molar-refractivity contribution in [3.63, 3.8) is 0 Å². The Balaban J connectivity index is 1.73. The Labute approximate surface area is 162 Å². The topological polar surface area (TPSA) is 46.1 Å². The molecule has 4 nitrogen and oxygen atoms in total. The number of carbonyl (C=O) groups excluding carboxylic acids is 1. The molecule has 0 bridgehead atoms. The van der Waals surface area contributed by atoms with Crippen molar-refractivity contribution < 1.29 is 4.79 Å². The van der Waals surface area contributed by atoms with Gasteiger partial charge in [0.1, 0.15) is 0 Å². The first-order chi connectivity index (χ1) is 12.6. The van der Waals surface area contributed by atoms with Crippen molar-refractivity contribution in [3.8, 4) is 0 Å². The van der Waals surface area contributed by atoms with Crippen LogP contribution >= 0.6 is 23.2 Å². The molecule has 0 aliphatic carbocycles. The molecule has 0 spiro atoms. The lowest BCUT2D eigenvalue weighted by Gasteiger charge is -2.19. The Morgan fingerprint density at radius 1 is 1.12 bits per heavy atom. The van der Waals surface area contributed by atoms with Crippen LogP contribution in [0.2, 0.25) is 10.0 Å². The maximum atomic E-state index is 12.5. The first kappa shape index (κ1) is 18.4. The molecule has 0 saturated carbocycles. The minimum atomic E-state index is -0.103. The Morgan fingerprint density at radius 3 is 2.62 bits per heavy atom. The lowest BCUT2D eigenvalue weighted by molar-refractivity contribution is -0.126. The van der Waals surface area contributed by atoms with Crippen LogP contribution in [0.1, 0.15) is 18.2 Å². The molecule has 0 unspecified atom stereocenters. The molecule has 1 heterocycles. The summed E-state index contributed by atoms with van der Waals surface area (Å²) in [7, 11) is 0. The van der Waals surface area contributed by atoms with E-state index < -0.39 is 0 Å². The van der Waals surface area contributed by atoms with E-state index in [1.54, 1.807) is 29.3 Å². The van der Waals surface area contributed by atoms with E-state index >= 15 is 0 Å². The maximum absolute atomic E-state index is 12.5. The van der Waals surface area contributed by atoms with Crippen LogP contribution in [-0.4, -0.2) is 27.3 Å². The van der Waals surface area contributed by atoms with Gasteiger partial charge in [0.15, 0.2) is 0 Å². The summed E-state index contributed by atoms with van der Waals surface area (Å²) < 4.78 is 0. The number of para-hydroxylation sites is 2. The van der Waals surface area contributed by atoms with Crippen LogP contribution < -0.4 is 0 Å². The van der Waals surface area contributed by atoms with Gasteiger partial charge < -0.3 is 4.90 Å². The molecule has 3 rings (SSSR count). The Bertz CT molecular complexity index is 972. The average Bonchev–Trinajstić information content (AvgIpc) is 2.66. The van der Waals surface area contributed by atoms with E-state index in [1.807, 2.05) is 37.3 Å². The molecule has 1 amide bonds. The molecule has 132 valence electrons. The summed E-state index contributed by atoms with van der Waals surface area (Å²) in [6, 6.07) is 13.0. The zero-order chi connectivity index (χ0) is 18.5. The van der Waals surface area contributed by atoms with E-state index in [4.69, 9.17) is 23.2 Å².